The summed E-state index contributed by atoms with van der Waals surface area (Å²) in [5.41, 5.74) is 2.68. The molecule has 0 saturated carbocycles. The number of nitrogens with zero attached hydrogens (tertiary/aromatic N) is 2. The van der Waals surface area contributed by atoms with Crippen molar-refractivity contribution in [1.29, 1.82) is 0 Å². The Labute approximate surface area is 114 Å². The molecule has 1 aromatic rings. The maximum Gasteiger partial charge on any atom is 0.221 e. The van der Waals surface area contributed by atoms with Crippen molar-refractivity contribution in [2.24, 2.45) is 0 Å². The van der Waals surface area contributed by atoms with Crippen LogP contribution in [-0.2, 0) is 4.79 Å². The van der Waals surface area contributed by atoms with Crippen LogP contribution in [0.3, 0.4) is 0 Å². The summed E-state index contributed by atoms with van der Waals surface area (Å²) in [6.07, 6.45) is 1.91. The molecule has 1 amide bonds. The summed E-state index contributed by atoms with van der Waals surface area (Å²) in [6.45, 7) is 6.30. The maximum atomic E-state index is 11.3. The number of carbonyl (C=O) groups is 1. The van der Waals surface area contributed by atoms with E-state index in [9.17, 15) is 4.79 Å². The van der Waals surface area contributed by atoms with Crippen LogP contribution in [0.25, 0.3) is 0 Å². The summed E-state index contributed by atoms with van der Waals surface area (Å²) in [6, 6.07) is 8.55. The largest absolute Gasteiger partial charge is 0.369 e. The molecule has 0 spiro atoms. The Hall–Kier alpha value is -1.55. The predicted molar refractivity (Wildman–Crippen MR) is 76.1 cm³/mol. The van der Waals surface area contributed by atoms with Gasteiger partial charge in [0.15, 0.2) is 0 Å². The Morgan fingerprint density at radius 1 is 1.16 bits per heavy atom. The number of hydrogen-bond acceptors (Lipinski definition) is 3. The highest BCUT2D eigenvalue weighted by atomic mass is 16.2. The highest BCUT2D eigenvalue weighted by Gasteiger charge is 2.29. The molecule has 102 valence electrons. The number of hydrogen-bond donors (Lipinski definition) is 1. The van der Waals surface area contributed by atoms with Gasteiger partial charge in [-0.15, -0.1) is 0 Å². The van der Waals surface area contributed by atoms with Gasteiger partial charge in [0.05, 0.1) is 6.17 Å². The van der Waals surface area contributed by atoms with Crippen LogP contribution in [0.4, 0.5) is 5.69 Å². The van der Waals surface area contributed by atoms with E-state index in [-0.39, 0.29) is 12.1 Å². The van der Waals surface area contributed by atoms with Crippen molar-refractivity contribution in [2.45, 2.75) is 25.9 Å². The molecule has 0 aromatic heterocycles. The molecular weight excluding hydrogens is 238 g/mol. The first-order valence-electron chi connectivity index (χ1n) is 7.08. The fourth-order valence-electron chi connectivity index (χ4n) is 3.06. The summed E-state index contributed by atoms with van der Waals surface area (Å²) >= 11 is 0. The Morgan fingerprint density at radius 3 is 2.53 bits per heavy atom. The number of para-hydroxylation sites is 1. The molecule has 19 heavy (non-hydrogen) atoms. The van der Waals surface area contributed by atoms with Crippen LogP contribution in [0, 0.1) is 6.92 Å². The third-order valence-electron chi connectivity index (χ3n) is 4.18. The summed E-state index contributed by atoms with van der Waals surface area (Å²) in [5, 5.41) is 3.06. The van der Waals surface area contributed by atoms with E-state index in [0.29, 0.717) is 6.42 Å². The number of anilines is 1. The predicted octanol–water partition coefficient (Wildman–Crippen LogP) is 1.35. The standard InChI is InChI=1S/C15H21N3O/c1-12-4-2-3-5-13(12)17-8-10-18(11-9-17)14-6-7-15(19)16-14/h2-5,14H,6-11H2,1H3,(H,16,19)/t14-/m1/s1. The molecule has 1 N–H and O–H groups in total. The lowest BCUT2D eigenvalue weighted by Gasteiger charge is -2.39. The molecule has 2 fully saturated rings. The molecule has 4 heteroatoms. The van der Waals surface area contributed by atoms with Crippen LogP contribution in [0.15, 0.2) is 24.3 Å². The van der Waals surface area contributed by atoms with Gasteiger partial charge < -0.3 is 10.2 Å². The lowest BCUT2D eigenvalue weighted by atomic mass is 10.1. The quantitative estimate of drug-likeness (QED) is 0.871. The molecule has 0 bridgehead atoms. The van der Waals surface area contributed by atoms with Gasteiger partial charge in [-0.2, -0.15) is 0 Å². The van der Waals surface area contributed by atoms with Crippen LogP contribution in [0.2, 0.25) is 0 Å². The molecule has 1 aromatic carbocycles. The van der Waals surface area contributed by atoms with E-state index in [4.69, 9.17) is 0 Å². The topological polar surface area (TPSA) is 35.6 Å². The summed E-state index contributed by atoms with van der Waals surface area (Å²) in [4.78, 5) is 16.1. The highest BCUT2D eigenvalue weighted by Crippen LogP contribution is 2.22. The molecule has 2 aliphatic heterocycles. The SMILES string of the molecule is Cc1ccccc1N1CCN([C@@H]2CCC(=O)N2)CC1. The fraction of sp³-hybridized carbons (Fsp3) is 0.533. The van der Waals surface area contributed by atoms with Crippen LogP contribution in [0.5, 0.6) is 0 Å². The van der Waals surface area contributed by atoms with Crippen LogP contribution in [-0.4, -0.2) is 43.2 Å². The van der Waals surface area contributed by atoms with E-state index in [2.05, 4.69) is 46.3 Å². The Kier molecular flexibility index (Phi) is 3.42. The second-order valence-electron chi connectivity index (χ2n) is 5.43. The Morgan fingerprint density at radius 2 is 1.89 bits per heavy atom. The minimum atomic E-state index is 0.200. The monoisotopic (exact) mass is 259 g/mol. The lowest BCUT2D eigenvalue weighted by molar-refractivity contribution is -0.119. The number of benzene rings is 1. The van der Waals surface area contributed by atoms with Gasteiger partial charge in [0, 0.05) is 38.3 Å². The molecule has 4 nitrogen and oxygen atoms in total. The number of nitrogens with one attached hydrogen (secondary N) is 1. The van der Waals surface area contributed by atoms with Crippen molar-refractivity contribution in [3.05, 3.63) is 29.8 Å². The second-order valence-corrected chi connectivity index (χ2v) is 5.43. The third-order valence-corrected chi connectivity index (χ3v) is 4.18. The summed E-state index contributed by atoms with van der Waals surface area (Å²) in [5.74, 6) is 0.200. The van der Waals surface area contributed by atoms with Gasteiger partial charge in [-0.05, 0) is 25.0 Å². The van der Waals surface area contributed by atoms with Crippen molar-refractivity contribution < 1.29 is 4.79 Å². The third kappa shape index (κ3) is 2.59. The molecule has 0 radical (unpaired) electrons. The fourth-order valence-corrected chi connectivity index (χ4v) is 3.06. The lowest BCUT2D eigenvalue weighted by Crippen LogP contribution is -2.53. The first kappa shape index (κ1) is 12.5. The van der Waals surface area contributed by atoms with Crippen molar-refractivity contribution in [3.8, 4) is 0 Å². The number of carbonyl (C=O) groups excluding carboxylic acids is 1. The molecule has 2 aliphatic rings. The number of piperazine rings is 1. The zero-order valence-electron chi connectivity index (χ0n) is 11.4. The first-order chi connectivity index (χ1) is 9.24. The first-order valence-corrected chi connectivity index (χ1v) is 7.08. The Balaban J connectivity index is 1.60. The number of amides is 1. The molecule has 0 aliphatic carbocycles. The highest BCUT2D eigenvalue weighted by molar-refractivity contribution is 5.78. The van der Waals surface area contributed by atoms with E-state index in [0.717, 1.165) is 32.6 Å². The van der Waals surface area contributed by atoms with E-state index in [1.54, 1.807) is 0 Å². The zero-order valence-corrected chi connectivity index (χ0v) is 11.4. The Bertz CT molecular complexity index is 466. The normalized spacial score (nSPS) is 24.6. The van der Waals surface area contributed by atoms with Crippen LogP contribution < -0.4 is 10.2 Å². The molecule has 1 atom stereocenters. The van der Waals surface area contributed by atoms with Gasteiger partial charge in [0.2, 0.25) is 5.91 Å². The average molecular weight is 259 g/mol. The van der Waals surface area contributed by atoms with Crippen LogP contribution >= 0.6 is 0 Å². The van der Waals surface area contributed by atoms with Crippen molar-refractivity contribution >= 4 is 11.6 Å². The molecule has 0 unspecified atom stereocenters. The van der Waals surface area contributed by atoms with Gasteiger partial charge in [-0.3, -0.25) is 9.69 Å². The maximum absolute atomic E-state index is 11.3. The van der Waals surface area contributed by atoms with E-state index < -0.39 is 0 Å². The average Bonchev–Trinajstić information content (AvgIpc) is 2.86. The minimum Gasteiger partial charge on any atom is -0.369 e. The van der Waals surface area contributed by atoms with E-state index >= 15 is 0 Å². The van der Waals surface area contributed by atoms with Crippen LogP contribution in [0.1, 0.15) is 18.4 Å². The van der Waals surface area contributed by atoms with Crippen molar-refractivity contribution in [1.82, 2.24) is 10.2 Å². The second kappa shape index (κ2) is 5.21. The van der Waals surface area contributed by atoms with Gasteiger partial charge in [-0.1, -0.05) is 18.2 Å². The number of rotatable bonds is 2. The van der Waals surface area contributed by atoms with E-state index in [1.165, 1.54) is 11.3 Å². The summed E-state index contributed by atoms with van der Waals surface area (Å²) in [7, 11) is 0. The summed E-state index contributed by atoms with van der Waals surface area (Å²) < 4.78 is 0. The van der Waals surface area contributed by atoms with Crippen molar-refractivity contribution in [2.75, 3.05) is 31.1 Å². The van der Waals surface area contributed by atoms with Gasteiger partial charge >= 0.3 is 0 Å². The smallest absolute Gasteiger partial charge is 0.221 e. The zero-order chi connectivity index (χ0) is 13.2. The molecule has 3 rings (SSSR count). The van der Waals surface area contributed by atoms with Crippen molar-refractivity contribution in [3.63, 3.8) is 0 Å². The minimum absolute atomic E-state index is 0.200. The van der Waals surface area contributed by atoms with Gasteiger partial charge in [-0.25, -0.2) is 0 Å². The van der Waals surface area contributed by atoms with Gasteiger partial charge in [0.1, 0.15) is 0 Å². The number of aryl methyl sites for hydroxylation is 1. The van der Waals surface area contributed by atoms with Gasteiger partial charge in [0.25, 0.3) is 0 Å². The molecular formula is C15H21N3O. The molecule has 2 heterocycles. The van der Waals surface area contributed by atoms with E-state index in [1.807, 2.05) is 0 Å². The molecule has 2 saturated heterocycles.